The van der Waals surface area contributed by atoms with Crippen molar-refractivity contribution in [2.24, 2.45) is 11.8 Å². The Bertz CT molecular complexity index is 845. The molecule has 0 N–H and O–H groups in total. The Labute approximate surface area is 185 Å². The number of carbonyl (C=O) groups is 1. The molecule has 2 heterocycles. The number of thiophene rings is 1. The van der Waals surface area contributed by atoms with Gasteiger partial charge in [0.1, 0.15) is 5.75 Å². The molecule has 2 unspecified atom stereocenters. The third-order valence-corrected chi connectivity index (χ3v) is 7.23. The minimum Gasteiger partial charge on any atom is -0.496 e. The summed E-state index contributed by atoms with van der Waals surface area (Å²) in [7, 11) is 1.75. The lowest BCUT2D eigenvalue weighted by atomic mass is 9.87. The highest BCUT2D eigenvalue weighted by atomic mass is 32.1. The topological polar surface area (TPSA) is 32.8 Å². The largest absolute Gasteiger partial charge is 0.496 e. The zero-order valence-corrected chi connectivity index (χ0v) is 20.0. The minimum absolute atomic E-state index is 0.0170. The Kier molecular flexibility index (Phi) is 7.59. The zero-order chi connectivity index (χ0) is 21.8. The highest BCUT2D eigenvalue weighted by Crippen LogP contribution is 2.39. The second kappa shape index (κ2) is 9.97. The molecule has 1 fully saturated rings. The molecule has 30 heavy (non-hydrogen) atoms. The second-order valence-corrected chi connectivity index (χ2v) is 10.1. The van der Waals surface area contributed by atoms with Gasteiger partial charge in [0.2, 0.25) is 5.91 Å². The van der Waals surface area contributed by atoms with E-state index >= 15 is 0 Å². The van der Waals surface area contributed by atoms with Crippen LogP contribution in [0.5, 0.6) is 5.75 Å². The quantitative estimate of drug-likeness (QED) is 0.581. The number of aryl methyl sites for hydroxylation is 1. The highest BCUT2D eigenvalue weighted by Gasteiger charge is 2.38. The molecule has 1 aliphatic heterocycles. The molecular formula is C25H36N2O2S. The first-order valence-electron chi connectivity index (χ1n) is 11.0. The van der Waals surface area contributed by atoms with Crippen LogP contribution in [0.25, 0.3) is 0 Å². The molecule has 0 saturated carbocycles. The van der Waals surface area contributed by atoms with Crippen LogP contribution in [0.4, 0.5) is 0 Å². The van der Waals surface area contributed by atoms with Gasteiger partial charge in [-0.2, -0.15) is 0 Å². The molecule has 4 nitrogen and oxygen atoms in total. The summed E-state index contributed by atoms with van der Waals surface area (Å²) in [5, 5.41) is 2.18. The Morgan fingerprint density at radius 3 is 2.53 bits per heavy atom. The summed E-state index contributed by atoms with van der Waals surface area (Å²) < 4.78 is 5.71. The predicted octanol–water partition coefficient (Wildman–Crippen LogP) is 5.17. The van der Waals surface area contributed by atoms with E-state index in [4.69, 9.17) is 4.74 Å². The molecule has 0 spiro atoms. The van der Waals surface area contributed by atoms with Crippen molar-refractivity contribution in [3.8, 4) is 5.75 Å². The summed E-state index contributed by atoms with van der Waals surface area (Å²) in [4.78, 5) is 19.0. The van der Waals surface area contributed by atoms with E-state index in [2.05, 4.69) is 60.2 Å². The number of rotatable bonds is 8. The minimum atomic E-state index is 0.0170. The maximum Gasteiger partial charge on any atom is 0.225 e. The molecular weight excluding hydrogens is 392 g/mol. The number of likely N-dealkylation sites (tertiary alicyclic amines) is 1. The maximum atomic E-state index is 12.9. The summed E-state index contributed by atoms with van der Waals surface area (Å²) in [6, 6.07) is 10.8. The van der Waals surface area contributed by atoms with Crippen molar-refractivity contribution in [2.75, 3.05) is 26.7 Å². The van der Waals surface area contributed by atoms with E-state index in [1.807, 2.05) is 31.3 Å². The van der Waals surface area contributed by atoms with Gasteiger partial charge in [0.05, 0.1) is 7.11 Å². The van der Waals surface area contributed by atoms with Crippen LogP contribution >= 0.6 is 11.3 Å². The fourth-order valence-electron chi connectivity index (χ4n) is 4.51. The smallest absolute Gasteiger partial charge is 0.225 e. The SMILES string of the molecule is COc1ccccc1C1CN(Cc2sccc2C)CC1CN(C(=O)C(C)C)C(C)C. The molecule has 0 radical (unpaired) electrons. The number of hydrogen-bond donors (Lipinski definition) is 0. The molecule has 1 aromatic heterocycles. The van der Waals surface area contributed by atoms with Gasteiger partial charge in [-0.15, -0.1) is 11.3 Å². The van der Waals surface area contributed by atoms with Gasteiger partial charge in [0, 0.05) is 48.9 Å². The number of para-hydroxylation sites is 1. The Hall–Kier alpha value is -1.85. The number of nitrogens with zero attached hydrogens (tertiary/aromatic N) is 2. The van der Waals surface area contributed by atoms with Crippen LogP contribution in [0.1, 0.15) is 49.6 Å². The van der Waals surface area contributed by atoms with Crippen molar-refractivity contribution in [2.45, 2.75) is 53.1 Å². The third-order valence-electron chi connectivity index (χ3n) is 6.22. The molecule has 0 bridgehead atoms. The van der Waals surface area contributed by atoms with Gasteiger partial charge in [-0.05, 0) is 55.3 Å². The van der Waals surface area contributed by atoms with Gasteiger partial charge >= 0.3 is 0 Å². The number of methoxy groups -OCH3 is 1. The van der Waals surface area contributed by atoms with Gasteiger partial charge < -0.3 is 9.64 Å². The van der Waals surface area contributed by atoms with Crippen LogP contribution in [-0.2, 0) is 11.3 Å². The average molecular weight is 429 g/mol. The van der Waals surface area contributed by atoms with Crippen molar-refractivity contribution < 1.29 is 9.53 Å². The summed E-state index contributed by atoms with van der Waals surface area (Å²) in [5.74, 6) is 1.95. The zero-order valence-electron chi connectivity index (χ0n) is 19.2. The predicted molar refractivity (Wildman–Crippen MR) is 125 cm³/mol. The molecule has 3 rings (SSSR count). The van der Waals surface area contributed by atoms with Gasteiger partial charge in [-0.25, -0.2) is 0 Å². The molecule has 164 valence electrons. The van der Waals surface area contributed by atoms with Crippen molar-refractivity contribution in [1.82, 2.24) is 9.80 Å². The van der Waals surface area contributed by atoms with Crippen LogP contribution in [0.2, 0.25) is 0 Å². The molecule has 1 saturated heterocycles. The first kappa shape index (κ1) is 22.8. The van der Waals surface area contributed by atoms with E-state index in [1.54, 1.807) is 7.11 Å². The third kappa shape index (κ3) is 5.06. The normalized spacial score (nSPS) is 19.6. The Balaban J connectivity index is 1.88. The average Bonchev–Trinajstić information content (AvgIpc) is 3.31. The lowest BCUT2D eigenvalue weighted by Gasteiger charge is -2.33. The van der Waals surface area contributed by atoms with Crippen LogP contribution in [-0.4, -0.2) is 48.5 Å². The van der Waals surface area contributed by atoms with E-state index < -0.39 is 0 Å². The fourth-order valence-corrected chi connectivity index (χ4v) is 5.46. The fraction of sp³-hybridized carbons (Fsp3) is 0.560. The summed E-state index contributed by atoms with van der Waals surface area (Å²) >= 11 is 1.84. The number of ether oxygens (including phenoxy) is 1. The van der Waals surface area contributed by atoms with Crippen molar-refractivity contribution in [3.63, 3.8) is 0 Å². The monoisotopic (exact) mass is 428 g/mol. The van der Waals surface area contributed by atoms with Crippen molar-refractivity contribution in [3.05, 3.63) is 51.7 Å². The Morgan fingerprint density at radius 1 is 1.20 bits per heavy atom. The maximum absolute atomic E-state index is 12.9. The first-order chi connectivity index (χ1) is 14.3. The van der Waals surface area contributed by atoms with E-state index in [-0.39, 0.29) is 17.9 Å². The second-order valence-electron chi connectivity index (χ2n) is 9.07. The lowest BCUT2D eigenvalue weighted by Crippen LogP contribution is -2.43. The number of carbonyl (C=O) groups excluding carboxylic acids is 1. The molecule has 5 heteroatoms. The van der Waals surface area contributed by atoms with E-state index in [0.717, 1.165) is 31.9 Å². The Morgan fingerprint density at radius 2 is 1.93 bits per heavy atom. The summed E-state index contributed by atoms with van der Waals surface area (Å²) in [6.07, 6.45) is 0. The van der Waals surface area contributed by atoms with Gasteiger partial charge in [-0.1, -0.05) is 32.0 Å². The first-order valence-corrected chi connectivity index (χ1v) is 11.9. The molecule has 2 atom stereocenters. The number of hydrogen-bond acceptors (Lipinski definition) is 4. The standard InChI is InChI=1S/C25H36N2O2S/c1-17(2)25(28)27(18(3)4)14-20-13-26(16-24-19(5)11-12-30-24)15-22(20)21-9-7-8-10-23(21)29-6/h7-12,17-18,20,22H,13-16H2,1-6H3. The van der Waals surface area contributed by atoms with Gasteiger partial charge in [0.25, 0.3) is 0 Å². The van der Waals surface area contributed by atoms with Crippen LogP contribution < -0.4 is 4.74 Å². The van der Waals surface area contributed by atoms with E-state index in [0.29, 0.717) is 11.8 Å². The van der Waals surface area contributed by atoms with E-state index in [1.165, 1.54) is 16.0 Å². The van der Waals surface area contributed by atoms with Gasteiger partial charge in [-0.3, -0.25) is 9.69 Å². The highest BCUT2D eigenvalue weighted by molar-refractivity contribution is 7.10. The molecule has 1 amide bonds. The van der Waals surface area contributed by atoms with E-state index in [9.17, 15) is 4.79 Å². The van der Waals surface area contributed by atoms with Gasteiger partial charge in [0.15, 0.2) is 0 Å². The van der Waals surface area contributed by atoms with Crippen molar-refractivity contribution >= 4 is 17.2 Å². The van der Waals surface area contributed by atoms with Crippen molar-refractivity contribution in [1.29, 1.82) is 0 Å². The molecule has 0 aliphatic carbocycles. The molecule has 1 aliphatic rings. The molecule has 1 aromatic carbocycles. The number of benzene rings is 1. The van der Waals surface area contributed by atoms with Crippen LogP contribution in [0, 0.1) is 18.8 Å². The van der Waals surface area contributed by atoms with Crippen LogP contribution in [0.3, 0.4) is 0 Å². The number of amides is 1. The summed E-state index contributed by atoms with van der Waals surface area (Å²) in [6.45, 7) is 14.2. The lowest BCUT2D eigenvalue weighted by molar-refractivity contribution is -0.136. The molecule has 2 aromatic rings. The summed E-state index contributed by atoms with van der Waals surface area (Å²) in [5.41, 5.74) is 2.63. The van der Waals surface area contributed by atoms with Crippen LogP contribution in [0.15, 0.2) is 35.7 Å².